The quantitative estimate of drug-likeness (QED) is 0.451. The minimum atomic E-state index is 0.837. The summed E-state index contributed by atoms with van der Waals surface area (Å²) in [4.78, 5) is 4.39. The first-order chi connectivity index (χ1) is 7.22. The molecule has 0 radical (unpaired) electrons. The minimum absolute atomic E-state index is 0.837. The van der Waals surface area contributed by atoms with Crippen LogP contribution in [0, 0.1) is 0 Å². The Kier molecular flexibility index (Phi) is 4.35. The van der Waals surface area contributed by atoms with E-state index in [1.165, 1.54) is 0 Å². The summed E-state index contributed by atoms with van der Waals surface area (Å²) in [6.07, 6.45) is 3.84. The maximum atomic E-state index is 4.39. The average Bonchev–Trinajstić information content (AvgIpc) is 2.19. The molecular formula is C13H16N2. The highest BCUT2D eigenvalue weighted by Gasteiger charge is 1.91. The van der Waals surface area contributed by atoms with Gasteiger partial charge in [0.2, 0.25) is 0 Å². The van der Waals surface area contributed by atoms with Crippen LogP contribution in [0.5, 0.6) is 0 Å². The van der Waals surface area contributed by atoms with Gasteiger partial charge in [-0.15, -0.1) is 0 Å². The molecular weight excluding hydrogens is 184 g/mol. The van der Waals surface area contributed by atoms with Crippen molar-refractivity contribution in [1.82, 2.24) is 5.32 Å². The molecule has 0 saturated carbocycles. The van der Waals surface area contributed by atoms with E-state index in [-0.39, 0.29) is 0 Å². The summed E-state index contributed by atoms with van der Waals surface area (Å²) in [5, 5.41) is 3.10. The molecule has 0 aliphatic carbocycles. The molecule has 1 aromatic rings. The van der Waals surface area contributed by atoms with Gasteiger partial charge in [0, 0.05) is 5.70 Å². The highest BCUT2D eigenvalue weighted by Crippen LogP contribution is 2.09. The van der Waals surface area contributed by atoms with E-state index in [4.69, 9.17) is 0 Å². The Morgan fingerprint density at radius 3 is 2.60 bits per heavy atom. The van der Waals surface area contributed by atoms with Crippen LogP contribution in [0.25, 0.3) is 0 Å². The molecule has 2 nitrogen and oxygen atoms in total. The lowest BCUT2D eigenvalue weighted by molar-refractivity contribution is 1.16. The predicted molar refractivity (Wildman–Crippen MR) is 66.3 cm³/mol. The van der Waals surface area contributed by atoms with Crippen LogP contribution in [0.2, 0.25) is 0 Å². The van der Waals surface area contributed by atoms with Crippen molar-refractivity contribution in [2.24, 2.45) is 4.99 Å². The lowest BCUT2D eigenvalue weighted by atomic mass is 10.3. The van der Waals surface area contributed by atoms with Crippen LogP contribution in [0.4, 0.5) is 5.69 Å². The zero-order valence-electron chi connectivity index (χ0n) is 9.20. The highest BCUT2D eigenvalue weighted by molar-refractivity contribution is 5.84. The number of nitrogens with zero attached hydrogens (tertiary/aromatic N) is 1. The average molecular weight is 200 g/mol. The fourth-order valence-electron chi connectivity index (χ4n) is 1.20. The number of para-hydroxylation sites is 1. The van der Waals surface area contributed by atoms with Crippen molar-refractivity contribution >= 4 is 11.5 Å². The SMILES string of the molecule is C=C(C=CC)NC(C)=Nc1ccccc1. The zero-order chi connectivity index (χ0) is 11.1. The maximum absolute atomic E-state index is 4.39. The summed E-state index contributed by atoms with van der Waals surface area (Å²) in [5.41, 5.74) is 1.78. The van der Waals surface area contributed by atoms with Crippen molar-refractivity contribution in [3.63, 3.8) is 0 Å². The van der Waals surface area contributed by atoms with E-state index in [9.17, 15) is 0 Å². The predicted octanol–water partition coefficient (Wildman–Crippen LogP) is 3.42. The second kappa shape index (κ2) is 5.81. The van der Waals surface area contributed by atoms with Gasteiger partial charge in [0.25, 0.3) is 0 Å². The summed E-state index contributed by atoms with van der Waals surface area (Å²) in [5.74, 6) is 0.837. The second-order valence-electron chi connectivity index (χ2n) is 3.18. The molecule has 0 aliphatic rings. The molecule has 0 aromatic heterocycles. The molecule has 0 unspecified atom stereocenters. The lowest BCUT2D eigenvalue weighted by Crippen LogP contribution is -2.17. The van der Waals surface area contributed by atoms with Gasteiger partial charge in [-0.25, -0.2) is 4.99 Å². The summed E-state index contributed by atoms with van der Waals surface area (Å²) in [6, 6.07) is 9.83. The number of aliphatic imine (C=N–C) groups is 1. The molecule has 1 aromatic carbocycles. The summed E-state index contributed by atoms with van der Waals surface area (Å²) >= 11 is 0. The molecule has 0 atom stereocenters. The fraction of sp³-hybridized carbons (Fsp3) is 0.154. The van der Waals surface area contributed by atoms with Crippen LogP contribution < -0.4 is 5.32 Å². The molecule has 0 spiro atoms. The van der Waals surface area contributed by atoms with Gasteiger partial charge in [0.15, 0.2) is 0 Å². The molecule has 78 valence electrons. The molecule has 0 fully saturated rings. The van der Waals surface area contributed by atoms with Gasteiger partial charge in [-0.1, -0.05) is 30.9 Å². The molecule has 0 aliphatic heterocycles. The third kappa shape index (κ3) is 4.27. The molecule has 2 heteroatoms. The van der Waals surface area contributed by atoms with Gasteiger partial charge in [-0.2, -0.15) is 0 Å². The van der Waals surface area contributed by atoms with Gasteiger partial charge in [-0.3, -0.25) is 0 Å². The van der Waals surface area contributed by atoms with Gasteiger partial charge >= 0.3 is 0 Å². The van der Waals surface area contributed by atoms with Crippen molar-refractivity contribution in [2.45, 2.75) is 13.8 Å². The van der Waals surface area contributed by atoms with E-state index >= 15 is 0 Å². The number of amidine groups is 1. The Morgan fingerprint density at radius 1 is 1.33 bits per heavy atom. The molecule has 0 amide bonds. The summed E-state index contributed by atoms with van der Waals surface area (Å²) < 4.78 is 0. The summed E-state index contributed by atoms with van der Waals surface area (Å²) in [7, 11) is 0. The Hall–Kier alpha value is -1.83. The van der Waals surface area contributed by atoms with E-state index in [0.717, 1.165) is 17.2 Å². The van der Waals surface area contributed by atoms with Crippen LogP contribution in [-0.2, 0) is 0 Å². The lowest BCUT2D eigenvalue weighted by Gasteiger charge is -2.04. The van der Waals surface area contributed by atoms with Crippen LogP contribution in [-0.4, -0.2) is 5.84 Å². The van der Waals surface area contributed by atoms with Gasteiger partial charge in [0.05, 0.1) is 5.69 Å². The molecule has 1 rings (SSSR count). The molecule has 1 N–H and O–H groups in total. The monoisotopic (exact) mass is 200 g/mol. The number of hydrogen-bond donors (Lipinski definition) is 1. The van der Waals surface area contributed by atoms with E-state index in [1.807, 2.05) is 56.3 Å². The Morgan fingerprint density at radius 2 is 2.00 bits per heavy atom. The standard InChI is InChI=1S/C13H16N2/c1-4-8-11(2)14-12(3)15-13-9-6-5-7-10-13/h4-10H,2H2,1,3H3,(H,14,15). The van der Waals surface area contributed by atoms with Crippen molar-refractivity contribution in [1.29, 1.82) is 0 Å². The van der Waals surface area contributed by atoms with E-state index in [1.54, 1.807) is 0 Å². The van der Waals surface area contributed by atoms with E-state index in [2.05, 4.69) is 16.9 Å². The van der Waals surface area contributed by atoms with Crippen molar-refractivity contribution in [3.8, 4) is 0 Å². The minimum Gasteiger partial charge on any atom is -0.344 e. The van der Waals surface area contributed by atoms with Crippen molar-refractivity contribution < 1.29 is 0 Å². The normalized spacial score (nSPS) is 11.7. The maximum Gasteiger partial charge on any atom is 0.103 e. The number of allylic oxidation sites excluding steroid dienone is 2. The van der Waals surface area contributed by atoms with Gasteiger partial charge < -0.3 is 5.32 Å². The number of nitrogens with one attached hydrogen (secondary N) is 1. The van der Waals surface area contributed by atoms with E-state index in [0.29, 0.717) is 0 Å². The Labute approximate surface area is 91.1 Å². The first-order valence-corrected chi connectivity index (χ1v) is 4.91. The molecule has 15 heavy (non-hydrogen) atoms. The van der Waals surface area contributed by atoms with Crippen LogP contribution in [0.15, 0.2) is 59.8 Å². The second-order valence-corrected chi connectivity index (χ2v) is 3.18. The third-order valence-electron chi connectivity index (χ3n) is 1.76. The fourth-order valence-corrected chi connectivity index (χ4v) is 1.20. The Balaban J connectivity index is 2.65. The topological polar surface area (TPSA) is 24.4 Å². The third-order valence-corrected chi connectivity index (χ3v) is 1.76. The highest BCUT2D eigenvalue weighted by atomic mass is 15.0. The summed E-state index contributed by atoms with van der Waals surface area (Å²) in [6.45, 7) is 7.72. The van der Waals surface area contributed by atoms with Gasteiger partial charge in [0.1, 0.15) is 5.84 Å². The first-order valence-electron chi connectivity index (χ1n) is 4.91. The molecule has 0 heterocycles. The first kappa shape index (κ1) is 11.2. The zero-order valence-corrected chi connectivity index (χ0v) is 9.20. The molecule has 0 saturated heterocycles. The largest absolute Gasteiger partial charge is 0.344 e. The smallest absolute Gasteiger partial charge is 0.103 e. The Bertz CT molecular complexity index is 375. The molecule has 0 bridgehead atoms. The number of benzene rings is 1. The van der Waals surface area contributed by atoms with Crippen molar-refractivity contribution in [2.75, 3.05) is 0 Å². The number of hydrogen-bond acceptors (Lipinski definition) is 1. The van der Waals surface area contributed by atoms with Crippen LogP contribution >= 0.6 is 0 Å². The number of rotatable bonds is 3. The van der Waals surface area contributed by atoms with Crippen LogP contribution in [0.3, 0.4) is 0 Å². The van der Waals surface area contributed by atoms with Crippen LogP contribution in [0.1, 0.15) is 13.8 Å². The van der Waals surface area contributed by atoms with Crippen molar-refractivity contribution in [3.05, 3.63) is 54.8 Å². The van der Waals surface area contributed by atoms with E-state index < -0.39 is 0 Å². The van der Waals surface area contributed by atoms with Gasteiger partial charge in [-0.05, 0) is 32.1 Å².